The Hall–Kier alpha value is -1.31. The van der Waals surface area contributed by atoms with Gasteiger partial charge in [-0.3, -0.25) is 0 Å². The summed E-state index contributed by atoms with van der Waals surface area (Å²) in [5.74, 6) is -0.102. The van der Waals surface area contributed by atoms with Gasteiger partial charge in [0.25, 0.3) is 0 Å². The zero-order valence-corrected chi connectivity index (χ0v) is 14.3. The van der Waals surface area contributed by atoms with Gasteiger partial charge < -0.3 is 15.3 Å². The minimum Gasteiger partial charge on any atom is -0.478 e. The lowest BCUT2D eigenvalue weighted by Gasteiger charge is -2.35. The third-order valence-electron chi connectivity index (χ3n) is 3.61. The molecule has 5 nitrogen and oxygen atoms in total. The van der Waals surface area contributed by atoms with Crippen LogP contribution in [-0.2, 0) is 0 Å². The number of amides is 2. The highest BCUT2D eigenvalue weighted by atomic mass is 127. The number of nitrogens with zero attached hydrogens (tertiary/aromatic N) is 1. The van der Waals surface area contributed by atoms with Crippen molar-refractivity contribution in [2.24, 2.45) is 11.8 Å². The molecule has 2 rings (SSSR count). The van der Waals surface area contributed by atoms with E-state index in [0.717, 1.165) is 9.99 Å². The number of carbonyl (C=O) groups is 2. The van der Waals surface area contributed by atoms with Gasteiger partial charge >= 0.3 is 12.0 Å². The molecule has 1 heterocycles. The Morgan fingerprint density at radius 3 is 2.48 bits per heavy atom. The van der Waals surface area contributed by atoms with E-state index in [2.05, 4.69) is 41.8 Å². The number of nitrogens with one attached hydrogen (secondary N) is 1. The average molecular weight is 402 g/mol. The molecule has 1 aromatic carbocycles. The number of rotatable bonds is 2. The summed E-state index contributed by atoms with van der Waals surface area (Å²) in [5, 5.41) is 12.0. The summed E-state index contributed by atoms with van der Waals surface area (Å²) in [4.78, 5) is 25.4. The number of hydrogen-bond acceptors (Lipinski definition) is 2. The molecular formula is C15H19IN2O3. The molecule has 1 fully saturated rings. The van der Waals surface area contributed by atoms with E-state index in [1.54, 1.807) is 23.1 Å². The number of hydrogen-bond donors (Lipinski definition) is 2. The topological polar surface area (TPSA) is 69.6 Å². The van der Waals surface area contributed by atoms with E-state index in [1.807, 2.05) is 0 Å². The van der Waals surface area contributed by atoms with Crippen molar-refractivity contribution in [3.8, 4) is 0 Å². The first-order valence-electron chi connectivity index (χ1n) is 6.95. The van der Waals surface area contributed by atoms with Crippen LogP contribution in [0.15, 0.2) is 18.2 Å². The molecule has 2 N–H and O–H groups in total. The summed E-state index contributed by atoms with van der Waals surface area (Å²) in [6.07, 6.45) is 1.12. The molecule has 2 amide bonds. The minimum absolute atomic E-state index is 0.119. The molecule has 2 unspecified atom stereocenters. The molecular weight excluding hydrogens is 383 g/mol. The standard InChI is InChI=1S/C15H19IN2O3/c1-9-5-10(2)8-18(7-9)15(21)17-13-4-3-11(16)6-12(13)14(19)20/h3-4,6,9-10H,5,7-8H2,1-2H3,(H,17,21)(H,19,20). The first kappa shape index (κ1) is 16.1. The van der Waals surface area contributed by atoms with Crippen LogP contribution in [0.3, 0.4) is 0 Å². The monoisotopic (exact) mass is 402 g/mol. The fraction of sp³-hybridized carbons (Fsp3) is 0.467. The molecule has 114 valence electrons. The van der Waals surface area contributed by atoms with Crippen LogP contribution in [0.1, 0.15) is 30.6 Å². The van der Waals surface area contributed by atoms with Crippen molar-refractivity contribution in [2.45, 2.75) is 20.3 Å². The molecule has 0 aromatic heterocycles. The second-order valence-electron chi connectivity index (χ2n) is 5.78. The quantitative estimate of drug-likeness (QED) is 0.745. The van der Waals surface area contributed by atoms with Crippen LogP contribution in [0, 0.1) is 15.4 Å². The molecule has 1 aliphatic heterocycles. The maximum atomic E-state index is 12.3. The van der Waals surface area contributed by atoms with Crippen molar-refractivity contribution in [1.82, 2.24) is 4.90 Å². The van der Waals surface area contributed by atoms with Crippen LogP contribution in [0.4, 0.5) is 10.5 Å². The number of halogens is 1. The molecule has 1 aromatic rings. The van der Waals surface area contributed by atoms with Gasteiger partial charge in [0.2, 0.25) is 0 Å². The summed E-state index contributed by atoms with van der Waals surface area (Å²) in [6, 6.07) is 4.75. The second kappa shape index (κ2) is 6.64. The highest BCUT2D eigenvalue weighted by Crippen LogP contribution is 2.23. The Morgan fingerprint density at radius 1 is 1.29 bits per heavy atom. The lowest BCUT2D eigenvalue weighted by atomic mass is 9.92. The third kappa shape index (κ3) is 4.09. The lowest BCUT2D eigenvalue weighted by Crippen LogP contribution is -2.44. The fourth-order valence-corrected chi connectivity index (χ4v) is 3.32. The Balaban J connectivity index is 2.14. The molecule has 0 bridgehead atoms. The lowest BCUT2D eigenvalue weighted by molar-refractivity contribution is 0.0698. The van der Waals surface area contributed by atoms with E-state index in [1.165, 1.54) is 0 Å². The van der Waals surface area contributed by atoms with Crippen molar-refractivity contribution in [2.75, 3.05) is 18.4 Å². The molecule has 21 heavy (non-hydrogen) atoms. The highest BCUT2D eigenvalue weighted by molar-refractivity contribution is 14.1. The summed E-state index contributed by atoms with van der Waals surface area (Å²) in [7, 11) is 0. The van der Waals surface area contributed by atoms with Gasteiger partial charge in [-0.1, -0.05) is 13.8 Å². The van der Waals surface area contributed by atoms with Gasteiger partial charge in [0.15, 0.2) is 0 Å². The number of carboxylic acids is 1. The second-order valence-corrected chi connectivity index (χ2v) is 7.02. The van der Waals surface area contributed by atoms with Gasteiger partial charge in [0.1, 0.15) is 0 Å². The van der Waals surface area contributed by atoms with E-state index < -0.39 is 5.97 Å². The summed E-state index contributed by atoms with van der Waals surface area (Å²) in [5.41, 5.74) is 0.465. The largest absolute Gasteiger partial charge is 0.478 e. The molecule has 6 heteroatoms. The zero-order valence-electron chi connectivity index (χ0n) is 12.1. The number of likely N-dealkylation sites (tertiary alicyclic amines) is 1. The smallest absolute Gasteiger partial charge is 0.337 e. The molecule has 1 saturated heterocycles. The maximum absolute atomic E-state index is 12.3. The van der Waals surface area contributed by atoms with E-state index in [9.17, 15) is 14.7 Å². The maximum Gasteiger partial charge on any atom is 0.337 e. The molecule has 1 aliphatic rings. The molecule has 2 atom stereocenters. The van der Waals surface area contributed by atoms with Crippen molar-refractivity contribution in [3.05, 3.63) is 27.3 Å². The number of benzene rings is 1. The van der Waals surface area contributed by atoms with E-state index in [0.29, 0.717) is 30.6 Å². The molecule has 0 saturated carbocycles. The number of aromatic carboxylic acids is 1. The number of anilines is 1. The summed E-state index contributed by atoms with van der Waals surface area (Å²) < 4.78 is 0.822. The van der Waals surface area contributed by atoms with Crippen molar-refractivity contribution < 1.29 is 14.7 Å². The molecule has 0 aliphatic carbocycles. The van der Waals surface area contributed by atoms with Gasteiger partial charge in [0, 0.05) is 16.7 Å². The molecule has 0 radical (unpaired) electrons. The summed E-state index contributed by atoms with van der Waals surface area (Å²) in [6.45, 7) is 5.68. The summed E-state index contributed by atoms with van der Waals surface area (Å²) >= 11 is 2.05. The van der Waals surface area contributed by atoms with Gasteiger partial charge in [-0.2, -0.15) is 0 Å². The zero-order chi connectivity index (χ0) is 15.6. The minimum atomic E-state index is -1.04. The van der Waals surface area contributed by atoms with Crippen LogP contribution in [0.25, 0.3) is 0 Å². The first-order valence-corrected chi connectivity index (χ1v) is 8.03. The van der Waals surface area contributed by atoms with E-state index in [4.69, 9.17) is 0 Å². The number of carbonyl (C=O) groups excluding carboxylic acids is 1. The fourth-order valence-electron chi connectivity index (χ4n) is 2.83. The normalized spacial score (nSPS) is 22.0. The Kier molecular flexibility index (Phi) is 5.08. The van der Waals surface area contributed by atoms with Gasteiger partial charge in [-0.15, -0.1) is 0 Å². The van der Waals surface area contributed by atoms with Crippen molar-refractivity contribution in [1.29, 1.82) is 0 Å². The Bertz CT molecular complexity index is 552. The van der Waals surface area contributed by atoms with Crippen LogP contribution in [0.2, 0.25) is 0 Å². The van der Waals surface area contributed by atoms with Crippen molar-refractivity contribution in [3.63, 3.8) is 0 Å². The highest BCUT2D eigenvalue weighted by Gasteiger charge is 2.26. The van der Waals surface area contributed by atoms with Crippen molar-refractivity contribution >= 4 is 40.3 Å². The first-order chi connectivity index (χ1) is 9.86. The number of piperidine rings is 1. The third-order valence-corrected chi connectivity index (χ3v) is 4.28. The Labute approximate surface area is 137 Å². The van der Waals surface area contributed by atoms with Crippen LogP contribution in [0.5, 0.6) is 0 Å². The van der Waals surface area contributed by atoms with E-state index >= 15 is 0 Å². The SMILES string of the molecule is CC1CC(C)CN(C(=O)Nc2ccc(I)cc2C(=O)O)C1. The van der Waals surface area contributed by atoms with Crippen LogP contribution in [-0.4, -0.2) is 35.1 Å². The number of carboxylic acid groups (broad SMARTS) is 1. The molecule has 0 spiro atoms. The van der Waals surface area contributed by atoms with Gasteiger partial charge in [-0.05, 0) is 59.0 Å². The van der Waals surface area contributed by atoms with E-state index in [-0.39, 0.29) is 11.6 Å². The average Bonchev–Trinajstić information content (AvgIpc) is 2.39. The van der Waals surface area contributed by atoms with Gasteiger partial charge in [0.05, 0.1) is 11.3 Å². The van der Waals surface area contributed by atoms with Crippen LogP contribution < -0.4 is 5.32 Å². The number of urea groups is 1. The Morgan fingerprint density at radius 2 is 1.90 bits per heavy atom. The van der Waals surface area contributed by atoms with Gasteiger partial charge in [-0.25, -0.2) is 9.59 Å². The van der Waals surface area contributed by atoms with Crippen LogP contribution >= 0.6 is 22.6 Å². The predicted molar refractivity (Wildman–Crippen MR) is 89.7 cm³/mol. The predicted octanol–water partition coefficient (Wildman–Crippen LogP) is 3.50.